The van der Waals surface area contributed by atoms with Gasteiger partial charge < -0.3 is 4.90 Å². The van der Waals surface area contributed by atoms with E-state index in [4.69, 9.17) is 0 Å². The number of hydrogen-bond acceptors (Lipinski definition) is 4. The number of hydrogen-bond donors (Lipinski definition) is 0. The second-order valence-corrected chi connectivity index (χ2v) is 8.04. The molecule has 4 rings (SSSR count). The highest BCUT2D eigenvalue weighted by Gasteiger charge is 2.42. The zero-order valence-corrected chi connectivity index (χ0v) is 17.7. The largest absolute Gasteiger partial charge is 0.339 e. The lowest BCUT2D eigenvalue weighted by atomic mass is 10.1. The monoisotopic (exact) mass is 414 g/mol. The van der Waals surface area contributed by atoms with Gasteiger partial charge in [0.2, 0.25) is 0 Å². The number of thioether (sulfide) groups is 1. The Bertz CT molecular complexity index is 1090. The lowest BCUT2D eigenvalue weighted by Gasteiger charge is -2.21. The van der Waals surface area contributed by atoms with E-state index < -0.39 is 0 Å². The van der Waals surface area contributed by atoms with Crippen molar-refractivity contribution in [1.29, 1.82) is 0 Å². The number of anilines is 2. The van der Waals surface area contributed by atoms with Crippen LogP contribution in [0.2, 0.25) is 0 Å². The van der Waals surface area contributed by atoms with E-state index in [1.165, 1.54) is 16.7 Å². The minimum Gasteiger partial charge on any atom is -0.339 e. The van der Waals surface area contributed by atoms with Crippen LogP contribution in [0.15, 0.2) is 100 Å². The predicted molar refractivity (Wildman–Crippen MR) is 122 cm³/mol. The second kappa shape index (κ2) is 8.59. The van der Waals surface area contributed by atoms with E-state index in [-0.39, 0.29) is 11.8 Å². The quantitative estimate of drug-likeness (QED) is 0.516. The summed E-state index contributed by atoms with van der Waals surface area (Å²) in [6.45, 7) is 2.07. The van der Waals surface area contributed by atoms with Crippen molar-refractivity contribution in [2.45, 2.75) is 18.2 Å². The molecule has 0 bridgehead atoms. The van der Waals surface area contributed by atoms with Crippen LogP contribution in [-0.4, -0.2) is 18.9 Å². The Hall–Kier alpha value is -3.31. The third-order valence-electron chi connectivity index (χ3n) is 5.06. The van der Waals surface area contributed by atoms with Crippen molar-refractivity contribution in [3.05, 3.63) is 101 Å². The first kappa shape index (κ1) is 20.0. The van der Waals surface area contributed by atoms with Gasteiger partial charge in [0.15, 0.2) is 0 Å². The average molecular weight is 415 g/mol. The van der Waals surface area contributed by atoms with E-state index in [1.807, 2.05) is 92.0 Å². The fourth-order valence-electron chi connectivity index (χ4n) is 3.39. The van der Waals surface area contributed by atoms with E-state index in [1.54, 1.807) is 4.90 Å². The molecule has 0 fully saturated rings. The first-order valence-corrected chi connectivity index (χ1v) is 10.7. The molecular weight excluding hydrogens is 392 g/mol. The highest BCUT2D eigenvalue weighted by molar-refractivity contribution is 8.04. The predicted octanol–water partition coefficient (Wildman–Crippen LogP) is 5.26. The number of benzene rings is 3. The van der Waals surface area contributed by atoms with Crippen LogP contribution in [0.5, 0.6) is 0 Å². The standard InChI is InChI=1S/C25H22N2O2S/c1-3-18-14-16-20(17-15-18)27-24(28)22(26(2)19-10-6-4-7-11-19)23(25(27)29)30-21-12-8-5-9-13-21/h4-17H,3H2,1-2H3. The minimum atomic E-state index is -0.311. The van der Waals surface area contributed by atoms with Crippen molar-refractivity contribution in [2.75, 3.05) is 16.8 Å². The molecule has 0 radical (unpaired) electrons. The minimum absolute atomic E-state index is 0.295. The smallest absolute Gasteiger partial charge is 0.283 e. The van der Waals surface area contributed by atoms with E-state index in [2.05, 4.69) is 6.92 Å². The third-order valence-corrected chi connectivity index (χ3v) is 6.14. The fourth-order valence-corrected chi connectivity index (χ4v) is 4.42. The van der Waals surface area contributed by atoms with E-state index in [0.717, 1.165) is 22.6 Å². The van der Waals surface area contributed by atoms with Gasteiger partial charge >= 0.3 is 0 Å². The van der Waals surface area contributed by atoms with Gasteiger partial charge in [-0.1, -0.05) is 67.2 Å². The van der Waals surface area contributed by atoms with Gasteiger partial charge in [-0.25, -0.2) is 4.90 Å². The van der Waals surface area contributed by atoms with Gasteiger partial charge in [-0.15, -0.1) is 0 Å². The normalized spacial score (nSPS) is 13.9. The van der Waals surface area contributed by atoms with Crippen LogP contribution in [0.4, 0.5) is 11.4 Å². The van der Waals surface area contributed by atoms with Crippen LogP contribution in [0.1, 0.15) is 12.5 Å². The molecule has 0 N–H and O–H groups in total. The molecule has 0 unspecified atom stereocenters. The molecule has 5 heteroatoms. The van der Waals surface area contributed by atoms with Crippen LogP contribution in [0.3, 0.4) is 0 Å². The number of carbonyl (C=O) groups is 2. The summed E-state index contributed by atoms with van der Waals surface area (Å²) >= 11 is 1.33. The number of imide groups is 1. The number of aryl methyl sites for hydroxylation is 1. The number of likely N-dealkylation sites (N-methyl/N-ethyl adjacent to an activating group) is 1. The van der Waals surface area contributed by atoms with Gasteiger partial charge in [0.05, 0.1) is 5.69 Å². The Labute approximate surface area is 180 Å². The van der Waals surface area contributed by atoms with Crippen LogP contribution >= 0.6 is 11.8 Å². The van der Waals surface area contributed by atoms with Crippen molar-refractivity contribution in [3.63, 3.8) is 0 Å². The molecule has 0 aliphatic carbocycles. The van der Waals surface area contributed by atoms with Crippen molar-refractivity contribution < 1.29 is 9.59 Å². The summed E-state index contributed by atoms with van der Waals surface area (Å²) < 4.78 is 0. The molecule has 4 nitrogen and oxygen atoms in total. The summed E-state index contributed by atoms with van der Waals surface area (Å²) in [5.41, 5.74) is 2.98. The number of para-hydroxylation sites is 1. The Kier molecular flexibility index (Phi) is 5.72. The molecule has 3 aromatic rings. The average Bonchev–Trinajstić information content (AvgIpc) is 3.04. The molecule has 0 spiro atoms. The summed E-state index contributed by atoms with van der Waals surface area (Å²) in [5.74, 6) is -0.607. The topological polar surface area (TPSA) is 40.6 Å². The summed E-state index contributed by atoms with van der Waals surface area (Å²) in [6, 6.07) is 26.8. The molecule has 1 aliphatic heterocycles. The Morgan fingerprint density at radius 3 is 2.00 bits per heavy atom. The molecule has 0 saturated carbocycles. The Morgan fingerprint density at radius 2 is 1.40 bits per heavy atom. The number of carbonyl (C=O) groups excluding carboxylic acids is 2. The van der Waals surface area contributed by atoms with Gasteiger partial charge in [0, 0.05) is 17.6 Å². The Morgan fingerprint density at radius 1 is 0.800 bits per heavy atom. The van der Waals surface area contributed by atoms with Crippen LogP contribution in [0.25, 0.3) is 0 Å². The summed E-state index contributed by atoms with van der Waals surface area (Å²) in [5, 5.41) is 0. The maximum atomic E-state index is 13.5. The number of rotatable bonds is 6. The maximum Gasteiger partial charge on any atom is 0.283 e. The maximum absolute atomic E-state index is 13.5. The van der Waals surface area contributed by atoms with E-state index in [0.29, 0.717) is 16.3 Å². The first-order valence-electron chi connectivity index (χ1n) is 9.84. The zero-order valence-electron chi connectivity index (χ0n) is 16.9. The van der Waals surface area contributed by atoms with Crippen LogP contribution < -0.4 is 9.80 Å². The van der Waals surface area contributed by atoms with Crippen molar-refractivity contribution >= 4 is 35.0 Å². The lowest BCUT2D eigenvalue weighted by molar-refractivity contribution is -0.120. The summed E-state index contributed by atoms with van der Waals surface area (Å²) in [4.78, 5) is 31.3. The van der Waals surface area contributed by atoms with Gasteiger partial charge in [0.1, 0.15) is 10.6 Å². The zero-order chi connectivity index (χ0) is 21.1. The van der Waals surface area contributed by atoms with Crippen LogP contribution in [-0.2, 0) is 16.0 Å². The highest BCUT2D eigenvalue weighted by atomic mass is 32.2. The van der Waals surface area contributed by atoms with Crippen molar-refractivity contribution in [2.24, 2.45) is 0 Å². The summed E-state index contributed by atoms with van der Waals surface area (Å²) in [6.07, 6.45) is 0.900. The number of nitrogens with zero attached hydrogens (tertiary/aromatic N) is 2. The molecule has 0 atom stereocenters. The van der Waals surface area contributed by atoms with Gasteiger partial charge in [0.25, 0.3) is 11.8 Å². The molecular formula is C25H22N2O2S. The lowest BCUT2D eigenvalue weighted by Crippen LogP contribution is -2.34. The molecule has 30 heavy (non-hydrogen) atoms. The first-order chi connectivity index (χ1) is 14.6. The molecule has 150 valence electrons. The fraction of sp³-hybridized carbons (Fsp3) is 0.120. The van der Waals surface area contributed by atoms with Gasteiger partial charge in [-0.3, -0.25) is 9.59 Å². The SMILES string of the molecule is CCc1ccc(N2C(=O)C(Sc3ccccc3)=C(N(C)c3ccccc3)C2=O)cc1. The molecule has 2 amide bonds. The molecule has 0 aromatic heterocycles. The third kappa shape index (κ3) is 3.76. The summed E-state index contributed by atoms with van der Waals surface area (Å²) in [7, 11) is 1.82. The number of amides is 2. The molecule has 1 aliphatic rings. The van der Waals surface area contributed by atoms with E-state index in [9.17, 15) is 9.59 Å². The highest BCUT2D eigenvalue weighted by Crippen LogP contribution is 2.39. The molecule has 1 heterocycles. The van der Waals surface area contributed by atoms with E-state index >= 15 is 0 Å². The van der Waals surface area contributed by atoms with Crippen molar-refractivity contribution in [1.82, 2.24) is 0 Å². The van der Waals surface area contributed by atoms with Gasteiger partial charge in [-0.05, 0) is 48.4 Å². The molecule has 3 aromatic carbocycles. The van der Waals surface area contributed by atoms with Crippen molar-refractivity contribution in [3.8, 4) is 0 Å². The second-order valence-electron chi connectivity index (χ2n) is 6.95. The van der Waals surface area contributed by atoms with Crippen LogP contribution in [0, 0.1) is 0 Å². The molecule has 0 saturated heterocycles. The van der Waals surface area contributed by atoms with Gasteiger partial charge in [-0.2, -0.15) is 0 Å². The Balaban J connectivity index is 1.77.